The summed E-state index contributed by atoms with van der Waals surface area (Å²) in [7, 11) is 1.68. The van der Waals surface area contributed by atoms with Gasteiger partial charge in [-0.1, -0.05) is 24.3 Å². The van der Waals surface area contributed by atoms with E-state index in [-0.39, 0.29) is 24.2 Å². The Morgan fingerprint density at radius 1 is 1.16 bits per heavy atom. The highest BCUT2D eigenvalue weighted by atomic mass is 35.5. The summed E-state index contributed by atoms with van der Waals surface area (Å²) < 4.78 is 5.24. The second kappa shape index (κ2) is 10.3. The van der Waals surface area contributed by atoms with E-state index in [9.17, 15) is 10.2 Å². The van der Waals surface area contributed by atoms with Gasteiger partial charge >= 0.3 is 0 Å². The molecule has 0 radical (unpaired) electrons. The lowest BCUT2D eigenvalue weighted by Gasteiger charge is -2.18. The number of aryl methyl sites for hydroxylation is 2. The molecule has 4 N–H and O–H groups in total. The summed E-state index contributed by atoms with van der Waals surface area (Å²) in [6.45, 7) is 4.79. The number of hydrogen-bond donors (Lipinski definition) is 3. The first-order chi connectivity index (χ1) is 11.5. The molecular weight excluding hydrogens is 338 g/mol. The van der Waals surface area contributed by atoms with Crippen LogP contribution < -0.4 is 22.5 Å². The predicted molar refractivity (Wildman–Crippen MR) is 95.4 cm³/mol. The normalized spacial score (nSPS) is 13.0. The maximum absolute atomic E-state index is 10.4. The smallest absolute Gasteiger partial charge is 0.130 e. The number of ether oxygens (including phenoxy) is 1. The van der Waals surface area contributed by atoms with Gasteiger partial charge in [0.25, 0.3) is 0 Å². The number of aromatic hydroxyl groups is 1. The van der Waals surface area contributed by atoms with Gasteiger partial charge < -0.3 is 32.7 Å². The summed E-state index contributed by atoms with van der Waals surface area (Å²) in [6.07, 6.45) is 1.43. The highest BCUT2D eigenvalue weighted by molar-refractivity contribution is 5.36. The van der Waals surface area contributed by atoms with Gasteiger partial charge in [-0.05, 0) is 55.2 Å². The molecule has 0 amide bonds. The largest absolute Gasteiger partial charge is 1.00 e. The fourth-order valence-corrected chi connectivity index (χ4v) is 2.76. The second-order valence-electron chi connectivity index (χ2n) is 6.33. The number of aliphatic hydroxyl groups is 1. The van der Waals surface area contributed by atoms with Crippen LogP contribution in [0.3, 0.4) is 0 Å². The second-order valence-corrected chi connectivity index (χ2v) is 6.33. The van der Waals surface area contributed by atoms with Crippen LogP contribution >= 0.6 is 0 Å². The molecule has 0 aliphatic heterocycles. The third kappa shape index (κ3) is 6.24. The third-order valence-corrected chi connectivity index (χ3v) is 4.41. The Morgan fingerprint density at radius 3 is 2.60 bits per heavy atom. The Balaban J connectivity index is 0.00000312. The van der Waals surface area contributed by atoms with Crippen molar-refractivity contribution in [2.45, 2.75) is 38.8 Å². The van der Waals surface area contributed by atoms with Crippen molar-refractivity contribution in [1.82, 2.24) is 0 Å². The lowest BCUT2D eigenvalue weighted by molar-refractivity contribution is -0.694. The van der Waals surface area contributed by atoms with Crippen LogP contribution in [0.1, 0.15) is 36.1 Å². The third-order valence-electron chi connectivity index (χ3n) is 4.41. The van der Waals surface area contributed by atoms with Gasteiger partial charge in [0, 0.05) is 6.42 Å². The van der Waals surface area contributed by atoms with Gasteiger partial charge in [-0.25, -0.2) is 0 Å². The number of aliphatic hydroxyl groups excluding tert-OH is 1. The first-order valence-electron chi connectivity index (χ1n) is 8.45. The average molecular weight is 366 g/mol. The molecule has 2 aromatic rings. The molecule has 0 fully saturated rings. The number of phenolic OH excluding ortho intramolecular Hbond substituents is 1. The highest BCUT2D eigenvalue weighted by Gasteiger charge is 2.19. The number of benzene rings is 2. The molecule has 0 heterocycles. The summed E-state index contributed by atoms with van der Waals surface area (Å²) >= 11 is 0. The number of phenols is 1. The van der Waals surface area contributed by atoms with Crippen LogP contribution in [0.5, 0.6) is 11.5 Å². The molecule has 0 aliphatic carbocycles. The van der Waals surface area contributed by atoms with Gasteiger partial charge in [-0.15, -0.1) is 0 Å². The number of rotatable bonds is 8. The highest BCUT2D eigenvalue weighted by Crippen LogP contribution is 2.23. The Kier molecular flexibility index (Phi) is 8.76. The van der Waals surface area contributed by atoms with Crippen LogP contribution in [0, 0.1) is 6.92 Å². The maximum atomic E-state index is 10.4. The van der Waals surface area contributed by atoms with Gasteiger partial charge in [0.2, 0.25) is 0 Å². The van der Waals surface area contributed by atoms with Crippen LogP contribution in [0.15, 0.2) is 42.5 Å². The minimum atomic E-state index is -0.590. The van der Waals surface area contributed by atoms with Crippen molar-refractivity contribution in [1.29, 1.82) is 0 Å². The summed E-state index contributed by atoms with van der Waals surface area (Å²) in [5.41, 5.74) is 2.84. The molecule has 0 saturated carbocycles. The van der Waals surface area contributed by atoms with Crippen molar-refractivity contribution in [2.24, 2.45) is 0 Å². The van der Waals surface area contributed by atoms with Crippen molar-refractivity contribution in [3.8, 4) is 11.5 Å². The summed E-state index contributed by atoms with van der Waals surface area (Å²) in [4.78, 5) is 0. The van der Waals surface area contributed by atoms with Crippen molar-refractivity contribution in [3.05, 3.63) is 59.2 Å². The molecule has 2 unspecified atom stereocenters. The summed E-state index contributed by atoms with van der Waals surface area (Å²) in [5, 5.41) is 22.4. The zero-order chi connectivity index (χ0) is 17.5. The molecule has 0 aromatic heterocycles. The molecule has 2 atom stereocenters. The minimum absolute atomic E-state index is 0. The maximum Gasteiger partial charge on any atom is 0.130 e. The molecule has 5 heteroatoms. The van der Waals surface area contributed by atoms with Crippen LogP contribution in [0.4, 0.5) is 0 Å². The van der Waals surface area contributed by atoms with Gasteiger partial charge in [0.15, 0.2) is 0 Å². The first kappa shape index (κ1) is 21.3. The molecule has 0 aliphatic rings. The van der Waals surface area contributed by atoms with Gasteiger partial charge in [0.1, 0.15) is 23.6 Å². The van der Waals surface area contributed by atoms with Gasteiger partial charge in [-0.2, -0.15) is 0 Å². The van der Waals surface area contributed by atoms with E-state index in [1.165, 1.54) is 5.56 Å². The topological polar surface area (TPSA) is 66.3 Å². The van der Waals surface area contributed by atoms with Crippen LogP contribution in [0.2, 0.25) is 0 Å². The van der Waals surface area contributed by atoms with Gasteiger partial charge in [-0.3, -0.25) is 0 Å². The minimum Gasteiger partial charge on any atom is -1.00 e. The molecule has 0 bridgehead atoms. The zero-order valence-corrected chi connectivity index (χ0v) is 15.8. The number of methoxy groups -OCH3 is 1. The van der Waals surface area contributed by atoms with Crippen LogP contribution in [-0.2, 0) is 6.42 Å². The first-order valence-corrected chi connectivity index (χ1v) is 8.45. The zero-order valence-electron chi connectivity index (χ0n) is 15.1. The summed E-state index contributed by atoms with van der Waals surface area (Å²) in [5.74, 6) is 1.12. The van der Waals surface area contributed by atoms with Gasteiger partial charge in [0.05, 0.1) is 13.7 Å². The Hall–Kier alpha value is -1.75. The van der Waals surface area contributed by atoms with E-state index in [4.69, 9.17) is 4.74 Å². The molecule has 0 spiro atoms. The monoisotopic (exact) mass is 365 g/mol. The van der Waals surface area contributed by atoms with Crippen molar-refractivity contribution < 1.29 is 32.7 Å². The molecular formula is C20H28ClNO3. The molecule has 4 nitrogen and oxygen atoms in total. The van der Waals surface area contributed by atoms with E-state index in [1.807, 2.05) is 38.1 Å². The van der Waals surface area contributed by atoms with Crippen molar-refractivity contribution in [2.75, 3.05) is 13.7 Å². The van der Waals surface area contributed by atoms with Crippen LogP contribution in [-0.4, -0.2) is 29.9 Å². The molecule has 0 saturated heterocycles. The Labute approximate surface area is 156 Å². The van der Waals surface area contributed by atoms with E-state index in [0.717, 1.165) is 36.3 Å². The molecule has 2 rings (SSSR count). The van der Waals surface area contributed by atoms with E-state index in [0.29, 0.717) is 0 Å². The van der Waals surface area contributed by atoms with E-state index in [2.05, 4.69) is 17.4 Å². The van der Waals surface area contributed by atoms with E-state index < -0.39 is 6.10 Å². The fraction of sp³-hybridized carbons (Fsp3) is 0.400. The molecule has 25 heavy (non-hydrogen) atoms. The number of quaternary nitrogens is 1. The quantitative estimate of drug-likeness (QED) is 0.544. The number of nitrogens with two attached hydrogens (primary N) is 1. The van der Waals surface area contributed by atoms with E-state index >= 15 is 0 Å². The molecule has 2 aromatic carbocycles. The predicted octanol–water partition coefficient (Wildman–Crippen LogP) is -0.669. The SMILES string of the molecule is COc1cccc(CCC[NH2+]C(C)C(O)c2ccc(C)c(O)c2)c1.[Cl-]. The van der Waals surface area contributed by atoms with Crippen molar-refractivity contribution in [3.63, 3.8) is 0 Å². The number of hydrogen-bond acceptors (Lipinski definition) is 3. The fourth-order valence-electron chi connectivity index (χ4n) is 2.76. The number of halogens is 1. The molecule has 138 valence electrons. The Morgan fingerprint density at radius 2 is 1.92 bits per heavy atom. The summed E-state index contributed by atoms with van der Waals surface area (Å²) in [6, 6.07) is 13.5. The van der Waals surface area contributed by atoms with E-state index in [1.54, 1.807) is 13.2 Å². The standard InChI is InChI=1S/C20H27NO3.ClH/c1-14-9-10-17(13-19(14)22)20(23)15(2)21-11-5-7-16-6-4-8-18(12-16)24-3;/h4,6,8-10,12-13,15,20-23H,5,7,11H2,1-3H3;1H. The average Bonchev–Trinajstić information content (AvgIpc) is 2.60. The lowest BCUT2D eigenvalue weighted by atomic mass is 10.0. The van der Waals surface area contributed by atoms with Crippen molar-refractivity contribution >= 4 is 0 Å². The lowest BCUT2D eigenvalue weighted by Crippen LogP contribution is -3.00. The van der Waals surface area contributed by atoms with Crippen LogP contribution in [0.25, 0.3) is 0 Å². The Bertz CT molecular complexity index is 663.